The lowest BCUT2D eigenvalue weighted by atomic mass is 9.97. The van der Waals surface area contributed by atoms with E-state index in [0.717, 1.165) is 18.7 Å². The second-order valence-electron chi connectivity index (χ2n) is 8.52. The van der Waals surface area contributed by atoms with Crippen LogP contribution in [-0.2, 0) is 6.54 Å². The quantitative estimate of drug-likeness (QED) is 0.380. The van der Waals surface area contributed by atoms with Crippen molar-refractivity contribution in [2.75, 3.05) is 6.54 Å². The number of nitrogens with zero attached hydrogens (tertiary/aromatic N) is 2. The van der Waals surface area contributed by atoms with Gasteiger partial charge < -0.3 is 9.88 Å². The Kier molecular flexibility index (Phi) is 5.97. The van der Waals surface area contributed by atoms with Crippen LogP contribution < -0.4 is 5.32 Å². The van der Waals surface area contributed by atoms with E-state index in [4.69, 9.17) is 0 Å². The van der Waals surface area contributed by atoms with Crippen LogP contribution in [0.15, 0.2) is 72.0 Å². The second kappa shape index (κ2) is 8.66. The zero-order valence-corrected chi connectivity index (χ0v) is 18.2. The van der Waals surface area contributed by atoms with E-state index in [0.29, 0.717) is 10.8 Å². The molecule has 5 rings (SSSR count). The maximum Gasteiger partial charge on any atom is 0.136 e. The summed E-state index contributed by atoms with van der Waals surface area (Å²) in [5.74, 6) is 0.440. The topological polar surface area (TPSA) is 45.6 Å². The standard InChI is InChI=1S/C18H22N4.C6H5FS/c1-18(2)8-13(9-19-18)12-22-6-5-15-7-14(3-4-17(15)22)16-10-20-21-11-16;7-5-3-1-2-4-6(5)8/h3-7,10-11,13,19H,8-9,12H2,1-2H3,(H,20,21);1-4,8H. The van der Waals surface area contributed by atoms with Gasteiger partial charge in [-0.05, 0) is 62.1 Å². The Balaban J connectivity index is 0.000000230. The van der Waals surface area contributed by atoms with Crippen LogP contribution >= 0.6 is 12.6 Å². The Morgan fingerprint density at radius 3 is 2.63 bits per heavy atom. The van der Waals surface area contributed by atoms with E-state index in [1.54, 1.807) is 18.2 Å². The maximum atomic E-state index is 12.2. The molecule has 156 valence electrons. The van der Waals surface area contributed by atoms with E-state index in [1.807, 2.05) is 12.4 Å². The third-order valence-corrected chi connectivity index (χ3v) is 5.94. The molecule has 1 aliphatic heterocycles. The van der Waals surface area contributed by atoms with Gasteiger partial charge in [0, 0.05) is 52.4 Å². The third kappa shape index (κ3) is 4.77. The average Bonchev–Trinajstić information content (AvgIpc) is 3.45. The number of halogens is 1. The van der Waals surface area contributed by atoms with Crippen molar-refractivity contribution in [3.8, 4) is 11.1 Å². The predicted molar refractivity (Wildman–Crippen MR) is 123 cm³/mol. The Labute approximate surface area is 181 Å². The fraction of sp³-hybridized carbons (Fsp3) is 0.292. The summed E-state index contributed by atoms with van der Waals surface area (Å²) in [6.07, 6.45) is 7.25. The molecule has 1 saturated heterocycles. The number of H-pyrrole nitrogens is 1. The van der Waals surface area contributed by atoms with Crippen molar-refractivity contribution < 1.29 is 4.39 Å². The van der Waals surface area contributed by atoms with Gasteiger partial charge in [0.05, 0.1) is 6.20 Å². The van der Waals surface area contributed by atoms with Gasteiger partial charge in [0.25, 0.3) is 0 Å². The zero-order valence-electron chi connectivity index (χ0n) is 17.3. The molecule has 1 aliphatic rings. The molecule has 0 aliphatic carbocycles. The van der Waals surface area contributed by atoms with Gasteiger partial charge in [-0.3, -0.25) is 5.10 Å². The fourth-order valence-corrected chi connectivity index (χ4v) is 4.25. The number of rotatable bonds is 3. The largest absolute Gasteiger partial charge is 0.347 e. The lowest BCUT2D eigenvalue weighted by molar-refractivity contribution is 0.421. The van der Waals surface area contributed by atoms with E-state index in [9.17, 15) is 4.39 Å². The summed E-state index contributed by atoms with van der Waals surface area (Å²) in [5.41, 5.74) is 3.94. The van der Waals surface area contributed by atoms with Crippen LogP contribution in [0, 0.1) is 11.7 Å². The Bertz CT molecular complexity index is 1100. The highest BCUT2D eigenvalue weighted by Crippen LogP contribution is 2.28. The molecule has 4 aromatic rings. The van der Waals surface area contributed by atoms with Crippen molar-refractivity contribution in [3.05, 3.63) is 72.9 Å². The van der Waals surface area contributed by atoms with Crippen LogP contribution in [0.3, 0.4) is 0 Å². The normalized spacial score (nSPS) is 17.7. The minimum absolute atomic E-state index is 0.268. The number of benzene rings is 2. The molecule has 0 radical (unpaired) electrons. The number of hydrogen-bond acceptors (Lipinski definition) is 3. The molecule has 0 amide bonds. The molecular weight excluding hydrogens is 395 g/mol. The van der Waals surface area contributed by atoms with Crippen LogP contribution in [0.2, 0.25) is 0 Å². The Morgan fingerprint density at radius 2 is 2.00 bits per heavy atom. The van der Waals surface area contributed by atoms with Crippen molar-refractivity contribution >= 4 is 23.5 Å². The van der Waals surface area contributed by atoms with Crippen LogP contribution in [0.5, 0.6) is 0 Å². The number of nitrogens with one attached hydrogen (secondary N) is 2. The van der Waals surface area contributed by atoms with Crippen LogP contribution in [-0.4, -0.2) is 26.8 Å². The number of thiol groups is 1. The molecule has 0 spiro atoms. The summed E-state index contributed by atoms with van der Waals surface area (Å²) in [4.78, 5) is 0.396. The summed E-state index contributed by atoms with van der Waals surface area (Å²) in [6, 6.07) is 15.2. The van der Waals surface area contributed by atoms with E-state index >= 15 is 0 Å². The fourth-order valence-electron chi connectivity index (χ4n) is 4.09. The van der Waals surface area contributed by atoms with E-state index in [2.05, 4.69) is 77.0 Å². The molecule has 4 nitrogen and oxygen atoms in total. The minimum atomic E-state index is -0.268. The number of fused-ring (bicyclic) bond motifs is 1. The molecule has 30 heavy (non-hydrogen) atoms. The summed E-state index contributed by atoms with van der Waals surface area (Å²) < 4.78 is 14.6. The van der Waals surface area contributed by atoms with Gasteiger partial charge in [0.1, 0.15) is 5.82 Å². The van der Waals surface area contributed by atoms with Crippen LogP contribution in [0.1, 0.15) is 20.3 Å². The maximum absolute atomic E-state index is 12.2. The summed E-state index contributed by atoms with van der Waals surface area (Å²) in [5, 5.41) is 11.8. The molecule has 2 aromatic heterocycles. The molecule has 1 atom stereocenters. The second-order valence-corrected chi connectivity index (χ2v) is 9.00. The highest BCUT2D eigenvalue weighted by molar-refractivity contribution is 7.80. The lowest BCUT2D eigenvalue weighted by Crippen LogP contribution is -2.31. The van der Waals surface area contributed by atoms with Gasteiger partial charge in [-0.25, -0.2) is 4.39 Å². The highest BCUT2D eigenvalue weighted by Gasteiger charge is 2.30. The van der Waals surface area contributed by atoms with Crippen molar-refractivity contribution in [2.45, 2.75) is 37.2 Å². The van der Waals surface area contributed by atoms with Gasteiger partial charge in [-0.15, -0.1) is 12.6 Å². The first-order chi connectivity index (χ1) is 14.4. The van der Waals surface area contributed by atoms with Crippen molar-refractivity contribution in [3.63, 3.8) is 0 Å². The number of aromatic nitrogens is 3. The first-order valence-electron chi connectivity index (χ1n) is 10.2. The monoisotopic (exact) mass is 422 g/mol. The Hall–Kier alpha value is -2.57. The van der Waals surface area contributed by atoms with E-state index in [-0.39, 0.29) is 11.4 Å². The van der Waals surface area contributed by atoms with Crippen LogP contribution in [0.25, 0.3) is 22.0 Å². The number of aromatic amines is 1. The van der Waals surface area contributed by atoms with Crippen molar-refractivity contribution in [1.82, 2.24) is 20.1 Å². The summed E-state index contributed by atoms with van der Waals surface area (Å²) >= 11 is 3.82. The number of hydrogen-bond donors (Lipinski definition) is 3. The molecule has 3 heterocycles. The van der Waals surface area contributed by atoms with Gasteiger partial charge >= 0.3 is 0 Å². The molecule has 2 N–H and O–H groups in total. The van der Waals surface area contributed by atoms with E-state index in [1.165, 1.54) is 29.0 Å². The summed E-state index contributed by atoms with van der Waals surface area (Å²) in [7, 11) is 0. The van der Waals surface area contributed by atoms with Crippen molar-refractivity contribution in [2.24, 2.45) is 5.92 Å². The third-order valence-electron chi connectivity index (χ3n) is 5.58. The summed E-state index contributed by atoms with van der Waals surface area (Å²) in [6.45, 7) is 6.78. The van der Waals surface area contributed by atoms with E-state index < -0.39 is 0 Å². The molecule has 1 fully saturated rings. The molecular formula is C24H27FN4S. The molecule has 6 heteroatoms. The zero-order chi connectivity index (χ0) is 21.1. The minimum Gasteiger partial charge on any atom is -0.347 e. The Morgan fingerprint density at radius 1 is 1.17 bits per heavy atom. The van der Waals surface area contributed by atoms with Gasteiger partial charge in [0.2, 0.25) is 0 Å². The first kappa shape index (κ1) is 20.7. The molecule has 2 aromatic carbocycles. The van der Waals surface area contributed by atoms with Crippen LogP contribution in [0.4, 0.5) is 4.39 Å². The first-order valence-corrected chi connectivity index (χ1v) is 10.6. The smallest absolute Gasteiger partial charge is 0.136 e. The lowest BCUT2D eigenvalue weighted by Gasteiger charge is -2.17. The van der Waals surface area contributed by atoms with Gasteiger partial charge in [0.15, 0.2) is 0 Å². The van der Waals surface area contributed by atoms with Gasteiger partial charge in [-0.2, -0.15) is 5.10 Å². The molecule has 1 unspecified atom stereocenters. The predicted octanol–water partition coefficient (Wildman–Crippen LogP) is 5.53. The average molecular weight is 423 g/mol. The van der Waals surface area contributed by atoms with Crippen molar-refractivity contribution in [1.29, 1.82) is 0 Å². The SMILES string of the molecule is CC1(C)CC(Cn2ccc3cc(-c4cn[nH]c4)ccc32)CN1.Fc1ccccc1S. The highest BCUT2D eigenvalue weighted by atomic mass is 32.1. The van der Waals surface area contributed by atoms with Gasteiger partial charge in [-0.1, -0.05) is 18.2 Å². The molecule has 0 bridgehead atoms. The molecule has 0 saturated carbocycles.